The van der Waals surface area contributed by atoms with Crippen molar-refractivity contribution in [3.63, 3.8) is 0 Å². The maximum absolute atomic E-state index is 14.1. The van der Waals surface area contributed by atoms with Gasteiger partial charge in [-0.1, -0.05) is 24.3 Å². The van der Waals surface area contributed by atoms with Crippen molar-refractivity contribution in [3.05, 3.63) is 75.5 Å². The van der Waals surface area contributed by atoms with E-state index in [0.717, 1.165) is 0 Å². The van der Waals surface area contributed by atoms with Crippen molar-refractivity contribution in [2.24, 2.45) is 0 Å². The number of nitrogens with zero attached hydrogens (tertiary/aromatic N) is 2. The number of hydrogen-bond donors (Lipinski definition) is 1. The van der Waals surface area contributed by atoms with Crippen LogP contribution in [0.1, 0.15) is 21.6 Å². The summed E-state index contributed by atoms with van der Waals surface area (Å²) in [7, 11) is 0. The number of nitrogens with one attached hydrogen (secondary N) is 1. The molecular formula is C19H14FN3O3. The van der Waals surface area contributed by atoms with Crippen molar-refractivity contribution in [2.75, 3.05) is 13.1 Å². The van der Waals surface area contributed by atoms with Crippen molar-refractivity contribution in [3.8, 4) is 0 Å². The summed E-state index contributed by atoms with van der Waals surface area (Å²) >= 11 is 0. The minimum atomic E-state index is -0.627. The van der Waals surface area contributed by atoms with Gasteiger partial charge in [0.25, 0.3) is 11.5 Å². The highest BCUT2D eigenvalue weighted by Gasteiger charge is 2.30. The normalized spacial score (nSPS) is 13.7. The van der Waals surface area contributed by atoms with Gasteiger partial charge in [0.05, 0.1) is 29.7 Å². The molecule has 26 heavy (non-hydrogen) atoms. The summed E-state index contributed by atoms with van der Waals surface area (Å²) in [6.07, 6.45) is 0.330. The van der Waals surface area contributed by atoms with Gasteiger partial charge in [-0.25, -0.2) is 9.49 Å². The van der Waals surface area contributed by atoms with Crippen LogP contribution < -0.4 is 5.56 Å². The van der Waals surface area contributed by atoms with Crippen LogP contribution >= 0.6 is 0 Å². The predicted molar refractivity (Wildman–Crippen MR) is 92.5 cm³/mol. The Hall–Kier alpha value is -3.35. The third-order valence-electron chi connectivity index (χ3n) is 4.43. The number of fused-ring (bicyclic) bond motifs is 1. The molecule has 1 aliphatic rings. The monoisotopic (exact) mass is 351 g/mol. The number of aromatic nitrogens is 2. The van der Waals surface area contributed by atoms with Crippen LogP contribution in [0.2, 0.25) is 0 Å². The molecule has 1 aliphatic heterocycles. The van der Waals surface area contributed by atoms with E-state index in [-0.39, 0.29) is 30.0 Å². The number of amides is 1. The second-order valence-corrected chi connectivity index (χ2v) is 6.24. The second-order valence-electron chi connectivity index (χ2n) is 6.24. The Morgan fingerprint density at radius 2 is 1.85 bits per heavy atom. The van der Waals surface area contributed by atoms with Gasteiger partial charge in [-0.3, -0.25) is 14.4 Å². The molecule has 1 aromatic heterocycles. The zero-order valence-corrected chi connectivity index (χ0v) is 13.7. The average molecular weight is 351 g/mol. The first-order chi connectivity index (χ1) is 12.5. The zero-order valence-electron chi connectivity index (χ0n) is 13.7. The van der Waals surface area contributed by atoms with E-state index < -0.39 is 11.7 Å². The van der Waals surface area contributed by atoms with Crippen LogP contribution in [0, 0.1) is 5.82 Å². The molecule has 0 atom stereocenters. The molecule has 0 aliphatic carbocycles. The number of Topliss-reactive ketones (excluding diaryl/α,β-unsaturated/α-hetero) is 1. The Balaban J connectivity index is 1.69. The molecule has 1 N–H and O–H groups in total. The molecule has 6 nitrogen and oxygen atoms in total. The number of likely N-dealkylation sites (tertiary alicyclic amines) is 1. The van der Waals surface area contributed by atoms with Crippen molar-refractivity contribution in [2.45, 2.75) is 6.42 Å². The fraction of sp³-hybridized carbons (Fsp3) is 0.158. The number of carbonyl (C=O) groups is 2. The summed E-state index contributed by atoms with van der Waals surface area (Å²) in [6, 6.07) is 11.4. The van der Waals surface area contributed by atoms with Crippen LogP contribution in [0.3, 0.4) is 0 Å². The molecule has 0 spiro atoms. The van der Waals surface area contributed by atoms with Crippen LogP contribution in [-0.2, 0) is 11.2 Å². The lowest BCUT2D eigenvalue weighted by Crippen LogP contribution is -2.50. The first kappa shape index (κ1) is 16.1. The number of rotatable bonds is 3. The topological polar surface area (TPSA) is 83.1 Å². The summed E-state index contributed by atoms with van der Waals surface area (Å²) in [5, 5.41) is 7.79. The Morgan fingerprint density at radius 3 is 2.58 bits per heavy atom. The van der Waals surface area contributed by atoms with Crippen LogP contribution in [-0.4, -0.2) is 39.9 Å². The van der Waals surface area contributed by atoms with E-state index in [1.165, 1.54) is 17.0 Å². The van der Waals surface area contributed by atoms with Gasteiger partial charge in [0.15, 0.2) is 5.78 Å². The van der Waals surface area contributed by atoms with E-state index >= 15 is 0 Å². The van der Waals surface area contributed by atoms with Gasteiger partial charge in [0.1, 0.15) is 5.82 Å². The lowest BCUT2D eigenvalue weighted by molar-refractivity contribution is -0.127. The van der Waals surface area contributed by atoms with Crippen molar-refractivity contribution < 1.29 is 14.0 Å². The van der Waals surface area contributed by atoms with Crippen LogP contribution in [0.4, 0.5) is 4.39 Å². The van der Waals surface area contributed by atoms with E-state index in [1.54, 1.807) is 24.3 Å². The molecule has 3 aromatic rings. The summed E-state index contributed by atoms with van der Waals surface area (Å²) in [4.78, 5) is 36.6. The molecule has 0 radical (unpaired) electrons. The fourth-order valence-corrected chi connectivity index (χ4v) is 3.04. The minimum Gasteiger partial charge on any atom is -0.324 e. The SMILES string of the molecule is O=C1CN(C(=O)c2cc(Cc3n[nH]c(=O)c4ccccc34)ccc2F)C1. The van der Waals surface area contributed by atoms with Crippen molar-refractivity contribution in [1.29, 1.82) is 0 Å². The van der Waals surface area contributed by atoms with E-state index in [4.69, 9.17) is 0 Å². The largest absolute Gasteiger partial charge is 0.324 e. The molecule has 1 saturated heterocycles. The first-order valence-corrected chi connectivity index (χ1v) is 8.08. The first-order valence-electron chi connectivity index (χ1n) is 8.08. The molecule has 0 bridgehead atoms. The number of carbonyl (C=O) groups excluding carboxylic acids is 2. The number of aromatic amines is 1. The van der Waals surface area contributed by atoms with Crippen LogP contribution in [0.5, 0.6) is 0 Å². The number of hydrogen-bond acceptors (Lipinski definition) is 4. The molecule has 7 heteroatoms. The Bertz CT molecular complexity index is 1100. The number of halogens is 1. The average Bonchev–Trinajstić information content (AvgIpc) is 2.62. The Kier molecular flexibility index (Phi) is 3.84. The molecule has 2 heterocycles. The molecule has 130 valence electrons. The molecule has 1 fully saturated rings. The van der Waals surface area contributed by atoms with E-state index in [1.807, 2.05) is 6.07 Å². The van der Waals surface area contributed by atoms with Gasteiger partial charge in [-0.2, -0.15) is 5.10 Å². The van der Waals surface area contributed by atoms with Crippen LogP contribution in [0.25, 0.3) is 10.8 Å². The molecular weight excluding hydrogens is 337 g/mol. The summed E-state index contributed by atoms with van der Waals surface area (Å²) < 4.78 is 14.1. The van der Waals surface area contributed by atoms with Gasteiger partial charge < -0.3 is 4.90 Å². The number of ketones is 1. The molecule has 4 rings (SSSR count). The fourth-order valence-electron chi connectivity index (χ4n) is 3.04. The lowest BCUT2D eigenvalue weighted by Gasteiger charge is -2.29. The lowest BCUT2D eigenvalue weighted by atomic mass is 10.0. The van der Waals surface area contributed by atoms with Crippen molar-refractivity contribution >= 4 is 22.5 Å². The zero-order chi connectivity index (χ0) is 18.3. The van der Waals surface area contributed by atoms with E-state index in [0.29, 0.717) is 28.5 Å². The molecule has 2 aromatic carbocycles. The third-order valence-corrected chi connectivity index (χ3v) is 4.43. The highest BCUT2D eigenvalue weighted by molar-refractivity contribution is 6.03. The maximum atomic E-state index is 14.1. The minimum absolute atomic E-state index is 0.0224. The Labute approximate surface area is 147 Å². The second kappa shape index (κ2) is 6.18. The van der Waals surface area contributed by atoms with Gasteiger partial charge >= 0.3 is 0 Å². The van der Waals surface area contributed by atoms with Crippen molar-refractivity contribution in [1.82, 2.24) is 15.1 Å². The van der Waals surface area contributed by atoms with Gasteiger partial charge in [-0.15, -0.1) is 0 Å². The maximum Gasteiger partial charge on any atom is 0.272 e. The summed E-state index contributed by atoms with van der Waals surface area (Å²) in [6.45, 7) is 0.0449. The van der Waals surface area contributed by atoms with Gasteiger partial charge in [-0.05, 0) is 23.8 Å². The summed E-state index contributed by atoms with van der Waals surface area (Å²) in [5.74, 6) is -1.17. The quantitative estimate of drug-likeness (QED) is 0.778. The van der Waals surface area contributed by atoms with E-state index in [2.05, 4.69) is 10.2 Å². The smallest absolute Gasteiger partial charge is 0.272 e. The highest BCUT2D eigenvalue weighted by atomic mass is 19.1. The number of H-pyrrole nitrogens is 1. The highest BCUT2D eigenvalue weighted by Crippen LogP contribution is 2.20. The standard InChI is InChI=1S/C19H14FN3O3/c20-16-6-5-11(7-15(16)19(26)23-9-12(24)10-23)8-17-13-3-1-2-4-14(13)18(25)22-21-17/h1-7H,8-10H2,(H,22,25). The van der Waals surface area contributed by atoms with E-state index in [9.17, 15) is 18.8 Å². The predicted octanol–water partition coefficient (Wildman–Crippen LogP) is 1.68. The van der Waals surface area contributed by atoms with Gasteiger partial charge in [0.2, 0.25) is 0 Å². The Morgan fingerprint density at radius 1 is 1.12 bits per heavy atom. The third kappa shape index (κ3) is 2.77. The molecule has 0 saturated carbocycles. The van der Waals surface area contributed by atoms with Gasteiger partial charge in [0, 0.05) is 11.8 Å². The number of benzene rings is 2. The summed E-state index contributed by atoms with van der Waals surface area (Å²) in [5.41, 5.74) is 0.973. The molecule has 0 unspecified atom stereocenters. The molecule has 1 amide bonds. The van der Waals surface area contributed by atoms with Crippen LogP contribution in [0.15, 0.2) is 47.3 Å².